The van der Waals surface area contributed by atoms with Gasteiger partial charge in [0.05, 0.1) is 7.11 Å². The molecule has 21 heavy (non-hydrogen) atoms. The normalized spacial score (nSPS) is 17.0. The Balaban J connectivity index is 1.94. The van der Waals surface area contributed by atoms with Crippen LogP contribution in [0.25, 0.3) is 0 Å². The Kier molecular flexibility index (Phi) is 5.62. The SMILES string of the molecule is COc1cccc(C(=O)NCC(C(C)C)N2CCCC2)c1. The first-order chi connectivity index (χ1) is 10.1. The van der Waals surface area contributed by atoms with Gasteiger partial charge in [0.1, 0.15) is 5.75 Å². The van der Waals surface area contributed by atoms with E-state index in [0.29, 0.717) is 29.8 Å². The topological polar surface area (TPSA) is 41.6 Å². The molecule has 1 atom stereocenters. The number of nitrogens with one attached hydrogen (secondary N) is 1. The van der Waals surface area contributed by atoms with Crippen LogP contribution in [0.15, 0.2) is 24.3 Å². The predicted octanol–water partition coefficient (Wildman–Crippen LogP) is 2.55. The van der Waals surface area contributed by atoms with Crippen LogP contribution in [0.1, 0.15) is 37.0 Å². The Morgan fingerprint density at radius 3 is 2.67 bits per heavy atom. The van der Waals surface area contributed by atoms with Crippen LogP contribution in [0, 0.1) is 5.92 Å². The maximum absolute atomic E-state index is 12.3. The molecule has 4 heteroatoms. The number of ether oxygens (including phenoxy) is 1. The number of rotatable bonds is 6. The molecule has 1 unspecified atom stereocenters. The molecular formula is C17H26N2O2. The van der Waals surface area contributed by atoms with E-state index in [1.807, 2.05) is 18.2 Å². The first-order valence-electron chi connectivity index (χ1n) is 7.78. The van der Waals surface area contributed by atoms with E-state index in [0.717, 1.165) is 13.1 Å². The number of hydrogen-bond acceptors (Lipinski definition) is 3. The molecule has 0 aliphatic carbocycles. The lowest BCUT2D eigenvalue weighted by atomic mass is 10.0. The van der Waals surface area contributed by atoms with Gasteiger partial charge in [-0.2, -0.15) is 0 Å². The number of nitrogens with zero attached hydrogens (tertiary/aromatic N) is 1. The molecule has 1 saturated heterocycles. The van der Waals surface area contributed by atoms with Crippen LogP contribution in [0.2, 0.25) is 0 Å². The average molecular weight is 290 g/mol. The fraction of sp³-hybridized carbons (Fsp3) is 0.588. The fourth-order valence-electron chi connectivity index (χ4n) is 2.92. The summed E-state index contributed by atoms with van der Waals surface area (Å²) in [4.78, 5) is 14.8. The molecular weight excluding hydrogens is 264 g/mol. The molecule has 1 aromatic carbocycles. The van der Waals surface area contributed by atoms with Gasteiger partial charge < -0.3 is 10.1 Å². The summed E-state index contributed by atoms with van der Waals surface area (Å²) in [5.41, 5.74) is 0.651. The minimum Gasteiger partial charge on any atom is -0.497 e. The highest BCUT2D eigenvalue weighted by Crippen LogP contribution is 2.17. The highest BCUT2D eigenvalue weighted by molar-refractivity contribution is 5.94. The number of benzene rings is 1. The Labute approximate surface area is 127 Å². The van der Waals surface area contributed by atoms with Crippen LogP contribution in [0.3, 0.4) is 0 Å². The van der Waals surface area contributed by atoms with Crippen molar-refractivity contribution in [2.75, 3.05) is 26.7 Å². The number of carbonyl (C=O) groups is 1. The number of methoxy groups -OCH3 is 1. The summed E-state index contributed by atoms with van der Waals surface area (Å²) >= 11 is 0. The summed E-state index contributed by atoms with van der Waals surface area (Å²) < 4.78 is 5.16. The van der Waals surface area contributed by atoms with E-state index < -0.39 is 0 Å². The van der Waals surface area contributed by atoms with Gasteiger partial charge in [0, 0.05) is 18.2 Å². The van der Waals surface area contributed by atoms with Crippen LogP contribution in [0.5, 0.6) is 5.75 Å². The van der Waals surface area contributed by atoms with Gasteiger partial charge in [-0.3, -0.25) is 9.69 Å². The van der Waals surface area contributed by atoms with Crippen molar-refractivity contribution in [3.63, 3.8) is 0 Å². The largest absolute Gasteiger partial charge is 0.497 e. The monoisotopic (exact) mass is 290 g/mol. The second-order valence-corrected chi connectivity index (χ2v) is 6.00. The van der Waals surface area contributed by atoms with Crippen molar-refractivity contribution in [1.82, 2.24) is 10.2 Å². The third-order valence-corrected chi connectivity index (χ3v) is 4.18. The van der Waals surface area contributed by atoms with E-state index >= 15 is 0 Å². The van der Waals surface area contributed by atoms with Crippen molar-refractivity contribution in [3.05, 3.63) is 29.8 Å². The molecule has 0 bridgehead atoms. The first-order valence-corrected chi connectivity index (χ1v) is 7.78. The maximum atomic E-state index is 12.3. The van der Waals surface area contributed by atoms with Crippen LogP contribution >= 0.6 is 0 Å². The summed E-state index contributed by atoms with van der Waals surface area (Å²) in [5.74, 6) is 1.22. The number of carbonyl (C=O) groups excluding carboxylic acids is 1. The summed E-state index contributed by atoms with van der Waals surface area (Å²) in [6, 6.07) is 7.70. The summed E-state index contributed by atoms with van der Waals surface area (Å²) in [6.07, 6.45) is 2.54. The van der Waals surface area contributed by atoms with Crippen LogP contribution in [-0.2, 0) is 0 Å². The van der Waals surface area contributed by atoms with Crippen molar-refractivity contribution >= 4 is 5.91 Å². The summed E-state index contributed by atoms with van der Waals surface area (Å²) in [5, 5.41) is 3.07. The van der Waals surface area contributed by atoms with E-state index in [-0.39, 0.29) is 5.91 Å². The Morgan fingerprint density at radius 2 is 2.05 bits per heavy atom. The van der Waals surface area contributed by atoms with E-state index in [9.17, 15) is 4.79 Å². The number of hydrogen-bond donors (Lipinski definition) is 1. The molecule has 1 aromatic rings. The van der Waals surface area contributed by atoms with Crippen molar-refractivity contribution in [1.29, 1.82) is 0 Å². The van der Waals surface area contributed by atoms with Crippen LogP contribution < -0.4 is 10.1 Å². The predicted molar refractivity (Wildman–Crippen MR) is 84.8 cm³/mol. The molecule has 1 heterocycles. The third-order valence-electron chi connectivity index (χ3n) is 4.18. The van der Waals surface area contributed by atoms with Crippen molar-refractivity contribution in [2.24, 2.45) is 5.92 Å². The third kappa shape index (κ3) is 4.21. The summed E-state index contributed by atoms with van der Waals surface area (Å²) in [6.45, 7) is 7.45. The lowest BCUT2D eigenvalue weighted by molar-refractivity contribution is 0.0927. The Morgan fingerprint density at radius 1 is 1.33 bits per heavy atom. The second kappa shape index (κ2) is 7.46. The zero-order valence-corrected chi connectivity index (χ0v) is 13.3. The van der Waals surface area contributed by atoms with Gasteiger partial charge in [-0.05, 0) is 50.0 Å². The van der Waals surface area contributed by atoms with Gasteiger partial charge in [0.15, 0.2) is 0 Å². The lowest BCUT2D eigenvalue weighted by Crippen LogP contribution is -2.45. The van der Waals surface area contributed by atoms with Gasteiger partial charge in [-0.1, -0.05) is 19.9 Å². The molecule has 1 amide bonds. The zero-order valence-electron chi connectivity index (χ0n) is 13.3. The smallest absolute Gasteiger partial charge is 0.251 e. The average Bonchev–Trinajstić information content (AvgIpc) is 3.01. The minimum absolute atomic E-state index is 0.0289. The van der Waals surface area contributed by atoms with Crippen molar-refractivity contribution in [3.8, 4) is 5.75 Å². The van der Waals surface area contributed by atoms with Crippen molar-refractivity contribution < 1.29 is 9.53 Å². The molecule has 1 fully saturated rings. The van der Waals surface area contributed by atoms with E-state index in [1.54, 1.807) is 13.2 Å². The molecule has 1 aliphatic heterocycles. The van der Waals surface area contributed by atoms with Crippen LogP contribution in [-0.4, -0.2) is 43.6 Å². The molecule has 1 N–H and O–H groups in total. The lowest BCUT2D eigenvalue weighted by Gasteiger charge is -2.31. The molecule has 116 valence electrons. The molecule has 2 rings (SSSR count). The van der Waals surface area contributed by atoms with Gasteiger partial charge in [-0.15, -0.1) is 0 Å². The second-order valence-electron chi connectivity index (χ2n) is 6.00. The number of amides is 1. The molecule has 0 spiro atoms. The van der Waals surface area contributed by atoms with E-state index in [4.69, 9.17) is 4.74 Å². The number of likely N-dealkylation sites (tertiary alicyclic amines) is 1. The molecule has 4 nitrogen and oxygen atoms in total. The molecule has 1 aliphatic rings. The van der Waals surface area contributed by atoms with Gasteiger partial charge in [-0.25, -0.2) is 0 Å². The quantitative estimate of drug-likeness (QED) is 0.875. The van der Waals surface area contributed by atoms with Crippen LogP contribution in [0.4, 0.5) is 0 Å². The first kappa shape index (κ1) is 15.8. The van der Waals surface area contributed by atoms with Gasteiger partial charge in [0.25, 0.3) is 5.91 Å². The van der Waals surface area contributed by atoms with E-state index in [2.05, 4.69) is 24.1 Å². The molecule has 0 aromatic heterocycles. The van der Waals surface area contributed by atoms with Crippen molar-refractivity contribution in [2.45, 2.75) is 32.7 Å². The maximum Gasteiger partial charge on any atom is 0.251 e. The summed E-state index contributed by atoms with van der Waals surface area (Å²) in [7, 11) is 1.61. The Bertz CT molecular complexity index is 468. The highest BCUT2D eigenvalue weighted by Gasteiger charge is 2.25. The van der Waals surface area contributed by atoms with Gasteiger partial charge >= 0.3 is 0 Å². The minimum atomic E-state index is -0.0289. The van der Waals surface area contributed by atoms with E-state index in [1.165, 1.54) is 12.8 Å². The molecule has 0 radical (unpaired) electrons. The Hall–Kier alpha value is -1.55. The zero-order chi connectivity index (χ0) is 15.2. The molecule has 0 saturated carbocycles. The standard InChI is InChI=1S/C17H26N2O2/c1-13(2)16(19-9-4-5-10-19)12-18-17(20)14-7-6-8-15(11-14)21-3/h6-8,11,13,16H,4-5,9-10,12H2,1-3H3,(H,18,20). The highest BCUT2D eigenvalue weighted by atomic mass is 16.5. The van der Waals surface area contributed by atoms with Gasteiger partial charge in [0.2, 0.25) is 0 Å². The fourth-order valence-corrected chi connectivity index (χ4v) is 2.92.